The Bertz CT molecular complexity index is 764. The number of hydrogen-bond acceptors (Lipinski definition) is 6. The summed E-state index contributed by atoms with van der Waals surface area (Å²) in [5.74, 6) is 0. The van der Waals surface area contributed by atoms with E-state index in [-0.39, 0.29) is 11.7 Å². The molecule has 0 aliphatic rings. The van der Waals surface area contributed by atoms with Crippen LogP contribution >= 0.6 is 16.0 Å². The standard InChI is InChI=1S/C16H20O6P2/c1-19-23(20-2)16(17)15-10-9-12(11-24(18,21-3)22-4)13-7-5-6-8-14(13)15/h5-10H,11H2,1-4H3. The summed E-state index contributed by atoms with van der Waals surface area (Å²) in [5, 5.41) is 1.57. The molecule has 2 aromatic rings. The molecule has 0 radical (unpaired) electrons. The molecule has 8 heteroatoms. The molecule has 0 fully saturated rings. The number of hydrogen-bond donors (Lipinski definition) is 0. The van der Waals surface area contributed by atoms with Gasteiger partial charge in [0.15, 0.2) is 0 Å². The van der Waals surface area contributed by atoms with Gasteiger partial charge in [-0.15, -0.1) is 0 Å². The quantitative estimate of drug-likeness (QED) is 0.634. The minimum atomic E-state index is -3.21. The van der Waals surface area contributed by atoms with Gasteiger partial charge in [0.2, 0.25) is 13.9 Å². The van der Waals surface area contributed by atoms with E-state index >= 15 is 0 Å². The van der Waals surface area contributed by atoms with Crippen LogP contribution in [0, 0.1) is 0 Å². The van der Waals surface area contributed by atoms with E-state index in [1.807, 2.05) is 24.3 Å². The molecule has 2 aromatic carbocycles. The fourth-order valence-corrected chi connectivity index (χ4v) is 4.41. The van der Waals surface area contributed by atoms with Crippen LogP contribution < -0.4 is 0 Å². The summed E-state index contributed by atoms with van der Waals surface area (Å²) in [4.78, 5) is 12.6. The van der Waals surface area contributed by atoms with E-state index in [0.717, 1.165) is 16.3 Å². The number of carbonyl (C=O) groups excluding carboxylic acids is 1. The molecule has 0 aliphatic carbocycles. The zero-order chi connectivity index (χ0) is 17.7. The first-order valence-electron chi connectivity index (χ1n) is 7.13. The fraction of sp³-hybridized carbons (Fsp3) is 0.312. The topological polar surface area (TPSA) is 71.1 Å². The van der Waals surface area contributed by atoms with Gasteiger partial charge < -0.3 is 18.1 Å². The van der Waals surface area contributed by atoms with E-state index in [1.54, 1.807) is 12.1 Å². The molecule has 0 unspecified atom stereocenters. The van der Waals surface area contributed by atoms with E-state index in [1.165, 1.54) is 28.4 Å². The predicted molar refractivity (Wildman–Crippen MR) is 94.5 cm³/mol. The first-order valence-corrected chi connectivity index (χ1v) is 10.0. The van der Waals surface area contributed by atoms with Crippen molar-refractivity contribution in [2.24, 2.45) is 0 Å². The SMILES string of the molecule is COP(OC)C(=O)c1ccc(CP(=O)(OC)OC)c2ccccc12. The average Bonchev–Trinajstić information content (AvgIpc) is 2.62. The molecule has 0 heterocycles. The maximum Gasteiger partial charge on any atom is 0.334 e. The van der Waals surface area contributed by atoms with Crippen molar-refractivity contribution < 1.29 is 27.5 Å². The highest BCUT2D eigenvalue weighted by atomic mass is 31.2. The minimum Gasteiger partial charge on any atom is -0.332 e. The summed E-state index contributed by atoms with van der Waals surface area (Å²) in [6.07, 6.45) is 0.123. The van der Waals surface area contributed by atoms with Crippen LogP contribution in [0.5, 0.6) is 0 Å². The summed E-state index contributed by atoms with van der Waals surface area (Å²) in [6, 6.07) is 10.9. The van der Waals surface area contributed by atoms with Gasteiger partial charge in [0, 0.05) is 34.0 Å². The molecule has 6 nitrogen and oxygen atoms in total. The molecule has 0 saturated carbocycles. The van der Waals surface area contributed by atoms with Crippen molar-refractivity contribution in [1.29, 1.82) is 0 Å². The van der Waals surface area contributed by atoms with Crippen LogP contribution in [0.15, 0.2) is 36.4 Å². The van der Waals surface area contributed by atoms with Gasteiger partial charge in [0.25, 0.3) is 0 Å². The van der Waals surface area contributed by atoms with Gasteiger partial charge in [-0.25, -0.2) is 0 Å². The van der Waals surface area contributed by atoms with Gasteiger partial charge in [-0.05, 0) is 22.4 Å². The fourth-order valence-electron chi connectivity index (χ4n) is 2.44. The maximum absolute atomic E-state index is 12.6. The Morgan fingerprint density at radius 1 is 0.958 bits per heavy atom. The van der Waals surface area contributed by atoms with Crippen LogP contribution in [-0.2, 0) is 28.8 Å². The van der Waals surface area contributed by atoms with Crippen LogP contribution in [0.25, 0.3) is 10.8 Å². The molecule has 0 bridgehead atoms. The van der Waals surface area contributed by atoms with E-state index in [4.69, 9.17) is 18.1 Å². The summed E-state index contributed by atoms with van der Waals surface area (Å²) < 4.78 is 32.7. The number of rotatable bonds is 8. The van der Waals surface area contributed by atoms with Crippen molar-refractivity contribution >= 4 is 32.3 Å². The number of benzene rings is 2. The first kappa shape index (κ1) is 19.2. The van der Waals surface area contributed by atoms with Crippen LogP contribution in [0.3, 0.4) is 0 Å². The van der Waals surface area contributed by atoms with Crippen molar-refractivity contribution in [3.05, 3.63) is 47.5 Å². The molecule has 0 saturated heterocycles. The van der Waals surface area contributed by atoms with Crippen LogP contribution in [0.2, 0.25) is 0 Å². The molecule has 130 valence electrons. The third-order valence-corrected chi connectivity index (χ3v) is 6.74. The van der Waals surface area contributed by atoms with Gasteiger partial charge in [-0.3, -0.25) is 9.36 Å². The summed E-state index contributed by atoms with van der Waals surface area (Å²) in [7, 11) is 0.735. The summed E-state index contributed by atoms with van der Waals surface area (Å²) in [6.45, 7) is 0. The molecule has 0 amide bonds. The molecule has 0 N–H and O–H groups in total. The van der Waals surface area contributed by atoms with E-state index in [0.29, 0.717) is 5.56 Å². The van der Waals surface area contributed by atoms with Gasteiger partial charge >= 0.3 is 7.60 Å². The van der Waals surface area contributed by atoms with E-state index in [9.17, 15) is 9.36 Å². The Labute approximate surface area is 142 Å². The normalized spacial score (nSPS) is 12.0. The monoisotopic (exact) mass is 370 g/mol. The average molecular weight is 370 g/mol. The number of carbonyl (C=O) groups is 1. The lowest BCUT2D eigenvalue weighted by Gasteiger charge is -2.17. The minimum absolute atomic E-state index is 0.123. The molecule has 24 heavy (non-hydrogen) atoms. The highest BCUT2D eigenvalue weighted by Crippen LogP contribution is 2.51. The molecule has 0 atom stereocenters. The second-order valence-electron chi connectivity index (χ2n) is 4.88. The number of fused-ring (bicyclic) bond motifs is 1. The Kier molecular flexibility index (Phi) is 6.64. The molecule has 0 spiro atoms. The second kappa shape index (κ2) is 8.30. The third-order valence-electron chi connectivity index (χ3n) is 3.66. The highest BCUT2D eigenvalue weighted by Gasteiger charge is 2.26. The van der Waals surface area contributed by atoms with Crippen molar-refractivity contribution in [3.8, 4) is 0 Å². The van der Waals surface area contributed by atoms with E-state index < -0.39 is 16.0 Å². The van der Waals surface area contributed by atoms with Crippen molar-refractivity contribution in [3.63, 3.8) is 0 Å². The zero-order valence-corrected chi connectivity index (χ0v) is 15.8. The zero-order valence-electron chi connectivity index (χ0n) is 14.0. The van der Waals surface area contributed by atoms with Gasteiger partial charge in [-0.2, -0.15) is 0 Å². The Balaban J connectivity index is 2.55. The Morgan fingerprint density at radius 3 is 2.08 bits per heavy atom. The second-order valence-corrected chi connectivity index (χ2v) is 8.80. The van der Waals surface area contributed by atoms with E-state index in [2.05, 4.69) is 0 Å². The largest absolute Gasteiger partial charge is 0.334 e. The molecular formula is C16H20O6P2. The van der Waals surface area contributed by atoms with Crippen molar-refractivity contribution in [2.75, 3.05) is 28.4 Å². The van der Waals surface area contributed by atoms with Crippen LogP contribution in [-0.4, -0.2) is 34.0 Å². The van der Waals surface area contributed by atoms with Gasteiger partial charge in [0.05, 0.1) is 6.16 Å². The highest BCUT2D eigenvalue weighted by molar-refractivity contribution is 7.67. The Hall–Kier alpha value is -1.13. The van der Waals surface area contributed by atoms with Gasteiger partial charge in [-0.1, -0.05) is 30.3 Å². The van der Waals surface area contributed by atoms with Crippen LogP contribution in [0.4, 0.5) is 0 Å². The van der Waals surface area contributed by atoms with Gasteiger partial charge in [0.1, 0.15) is 0 Å². The molecule has 0 aliphatic heterocycles. The predicted octanol–water partition coefficient (Wildman–Crippen LogP) is 4.57. The lowest BCUT2D eigenvalue weighted by atomic mass is 10.0. The van der Waals surface area contributed by atoms with Crippen molar-refractivity contribution in [2.45, 2.75) is 6.16 Å². The van der Waals surface area contributed by atoms with Crippen LogP contribution in [0.1, 0.15) is 15.9 Å². The summed E-state index contributed by atoms with van der Waals surface area (Å²) >= 11 is 0. The Morgan fingerprint density at radius 2 is 1.54 bits per heavy atom. The molecule has 2 rings (SSSR count). The summed E-state index contributed by atoms with van der Waals surface area (Å²) in [5.41, 5.74) is 1.08. The van der Waals surface area contributed by atoms with Crippen molar-refractivity contribution in [1.82, 2.24) is 0 Å². The lowest BCUT2D eigenvalue weighted by molar-refractivity contribution is 0.105. The first-order chi connectivity index (χ1) is 11.5. The molecular weight excluding hydrogens is 350 g/mol. The lowest BCUT2D eigenvalue weighted by Crippen LogP contribution is -2.03. The maximum atomic E-state index is 12.6. The smallest absolute Gasteiger partial charge is 0.332 e. The third kappa shape index (κ3) is 3.92. The molecule has 0 aromatic heterocycles.